The maximum absolute atomic E-state index is 12.9. The Bertz CT molecular complexity index is 488. The summed E-state index contributed by atoms with van der Waals surface area (Å²) < 4.78 is 51.1. The summed E-state index contributed by atoms with van der Waals surface area (Å²) in [5.74, 6) is -0.998. The molecule has 8 heteroatoms. The number of benzene rings is 1. The molecular formula is C13H16F4N2O2. The van der Waals surface area contributed by atoms with Gasteiger partial charge in [0.05, 0.1) is 18.2 Å². The second-order valence-corrected chi connectivity index (χ2v) is 4.41. The van der Waals surface area contributed by atoms with E-state index in [4.69, 9.17) is 5.11 Å². The molecule has 0 saturated heterocycles. The average Bonchev–Trinajstić information content (AvgIpc) is 2.42. The molecule has 2 amide bonds. The molecule has 0 spiro atoms. The van der Waals surface area contributed by atoms with Crippen molar-refractivity contribution >= 4 is 6.03 Å². The molecule has 1 aromatic carbocycles. The van der Waals surface area contributed by atoms with Crippen LogP contribution in [-0.4, -0.2) is 23.8 Å². The third-order valence-corrected chi connectivity index (χ3v) is 2.87. The van der Waals surface area contributed by atoms with Crippen molar-refractivity contribution in [1.82, 2.24) is 10.6 Å². The van der Waals surface area contributed by atoms with Gasteiger partial charge >= 0.3 is 12.2 Å². The van der Waals surface area contributed by atoms with E-state index in [0.29, 0.717) is 12.5 Å². The fourth-order valence-electron chi connectivity index (χ4n) is 1.66. The normalized spacial score (nSPS) is 12.9. The summed E-state index contributed by atoms with van der Waals surface area (Å²) in [5.41, 5.74) is -1.37. The van der Waals surface area contributed by atoms with Crippen molar-refractivity contribution in [2.24, 2.45) is 0 Å². The van der Waals surface area contributed by atoms with Crippen molar-refractivity contribution in [1.29, 1.82) is 0 Å². The van der Waals surface area contributed by atoms with Gasteiger partial charge in [-0.15, -0.1) is 0 Å². The standard InChI is InChI=1S/C13H16F4N2O2/c1-2-10(7-20)19-12(21)18-6-8-3-4-9(14)5-11(8)13(15,16)17/h3-5,10,20H,2,6-7H2,1H3,(H2,18,19,21). The highest BCUT2D eigenvalue weighted by atomic mass is 19.4. The molecule has 1 aromatic rings. The number of hydrogen-bond donors (Lipinski definition) is 3. The summed E-state index contributed by atoms with van der Waals surface area (Å²) >= 11 is 0. The second kappa shape index (κ2) is 7.26. The molecule has 0 aromatic heterocycles. The molecule has 0 aliphatic heterocycles. The zero-order valence-electron chi connectivity index (χ0n) is 11.3. The third-order valence-electron chi connectivity index (χ3n) is 2.87. The first-order valence-corrected chi connectivity index (χ1v) is 6.28. The van der Waals surface area contributed by atoms with Gasteiger partial charge in [0, 0.05) is 6.54 Å². The van der Waals surface area contributed by atoms with Crippen molar-refractivity contribution in [3.63, 3.8) is 0 Å². The van der Waals surface area contributed by atoms with Gasteiger partial charge in [0.15, 0.2) is 0 Å². The summed E-state index contributed by atoms with van der Waals surface area (Å²) in [7, 11) is 0. The lowest BCUT2D eigenvalue weighted by molar-refractivity contribution is -0.138. The number of amides is 2. The predicted molar refractivity (Wildman–Crippen MR) is 67.9 cm³/mol. The fraction of sp³-hybridized carbons (Fsp3) is 0.462. The monoisotopic (exact) mass is 308 g/mol. The molecular weight excluding hydrogens is 292 g/mol. The Kier molecular flexibility index (Phi) is 5.95. The number of rotatable bonds is 5. The van der Waals surface area contributed by atoms with Crippen molar-refractivity contribution in [2.75, 3.05) is 6.61 Å². The Balaban J connectivity index is 2.74. The summed E-state index contributed by atoms with van der Waals surface area (Å²) in [6.07, 6.45) is -4.22. The number of alkyl halides is 3. The number of carbonyl (C=O) groups excluding carboxylic acids is 1. The van der Waals surface area contributed by atoms with E-state index in [0.717, 1.165) is 12.1 Å². The minimum Gasteiger partial charge on any atom is -0.394 e. The first-order valence-electron chi connectivity index (χ1n) is 6.28. The Labute approximate surface area is 119 Å². The summed E-state index contributed by atoms with van der Waals surface area (Å²) in [4.78, 5) is 11.5. The number of nitrogens with one attached hydrogen (secondary N) is 2. The average molecular weight is 308 g/mol. The van der Waals surface area contributed by atoms with E-state index in [1.807, 2.05) is 0 Å². The van der Waals surface area contributed by atoms with Crippen LogP contribution in [-0.2, 0) is 12.7 Å². The van der Waals surface area contributed by atoms with Gasteiger partial charge in [0.2, 0.25) is 0 Å². The summed E-state index contributed by atoms with van der Waals surface area (Å²) in [6, 6.07) is 1.08. The Morgan fingerprint density at radius 3 is 2.57 bits per heavy atom. The Morgan fingerprint density at radius 1 is 1.38 bits per heavy atom. The van der Waals surface area contributed by atoms with E-state index in [9.17, 15) is 22.4 Å². The molecule has 0 heterocycles. The quantitative estimate of drug-likeness (QED) is 0.732. The van der Waals surface area contributed by atoms with Gasteiger partial charge in [-0.3, -0.25) is 0 Å². The molecule has 21 heavy (non-hydrogen) atoms. The van der Waals surface area contributed by atoms with Crippen LogP contribution in [0, 0.1) is 5.82 Å². The number of hydrogen-bond acceptors (Lipinski definition) is 2. The van der Waals surface area contributed by atoms with E-state index in [-0.39, 0.29) is 12.2 Å². The van der Waals surface area contributed by atoms with E-state index < -0.39 is 36.2 Å². The molecule has 118 valence electrons. The largest absolute Gasteiger partial charge is 0.416 e. The molecule has 0 aliphatic rings. The van der Waals surface area contributed by atoms with Crippen LogP contribution in [0.3, 0.4) is 0 Å². The number of carbonyl (C=O) groups is 1. The van der Waals surface area contributed by atoms with Crippen LogP contribution in [0.1, 0.15) is 24.5 Å². The van der Waals surface area contributed by atoms with E-state index in [2.05, 4.69) is 10.6 Å². The molecule has 4 nitrogen and oxygen atoms in total. The van der Waals surface area contributed by atoms with Crippen molar-refractivity contribution in [3.05, 3.63) is 35.1 Å². The Morgan fingerprint density at radius 2 is 2.05 bits per heavy atom. The highest BCUT2D eigenvalue weighted by molar-refractivity contribution is 5.74. The van der Waals surface area contributed by atoms with E-state index in [1.165, 1.54) is 0 Å². The molecule has 0 fully saturated rings. The lowest BCUT2D eigenvalue weighted by Crippen LogP contribution is -2.43. The van der Waals surface area contributed by atoms with Gasteiger partial charge in [-0.2, -0.15) is 13.2 Å². The van der Waals surface area contributed by atoms with Gasteiger partial charge in [0.1, 0.15) is 5.82 Å². The van der Waals surface area contributed by atoms with Crippen LogP contribution in [0.5, 0.6) is 0 Å². The highest BCUT2D eigenvalue weighted by Crippen LogP contribution is 2.32. The van der Waals surface area contributed by atoms with Crippen LogP contribution in [0.25, 0.3) is 0 Å². The molecule has 1 rings (SSSR count). The smallest absolute Gasteiger partial charge is 0.394 e. The molecule has 1 unspecified atom stereocenters. The minimum atomic E-state index is -4.70. The second-order valence-electron chi connectivity index (χ2n) is 4.41. The molecule has 0 radical (unpaired) electrons. The molecule has 0 aliphatic carbocycles. The van der Waals surface area contributed by atoms with Crippen LogP contribution in [0.15, 0.2) is 18.2 Å². The maximum atomic E-state index is 12.9. The first kappa shape index (κ1) is 17.2. The number of halogens is 4. The minimum absolute atomic E-state index is 0.240. The van der Waals surface area contributed by atoms with Crippen molar-refractivity contribution in [2.45, 2.75) is 32.1 Å². The van der Waals surface area contributed by atoms with Gasteiger partial charge in [-0.25, -0.2) is 9.18 Å². The molecule has 0 saturated carbocycles. The first-order chi connectivity index (χ1) is 9.77. The zero-order chi connectivity index (χ0) is 16.0. The van der Waals surface area contributed by atoms with Crippen LogP contribution in [0.4, 0.5) is 22.4 Å². The van der Waals surface area contributed by atoms with Gasteiger partial charge < -0.3 is 15.7 Å². The number of aliphatic hydroxyl groups excluding tert-OH is 1. The molecule has 3 N–H and O–H groups in total. The predicted octanol–water partition coefficient (Wildman–Crippen LogP) is 2.41. The Hall–Kier alpha value is -1.83. The van der Waals surface area contributed by atoms with Crippen molar-refractivity contribution < 1.29 is 27.5 Å². The van der Waals surface area contributed by atoms with E-state index in [1.54, 1.807) is 6.92 Å². The summed E-state index contributed by atoms with van der Waals surface area (Å²) in [6.45, 7) is 1.07. The van der Waals surface area contributed by atoms with Gasteiger partial charge in [0.25, 0.3) is 0 Å². The number of urea groups is 1. The molecule has 0 bridgehead atoms. The SMILES string of the molecule is CCC(CO)NC(=O)NCc1ccc(F)cc1C(F)(F)F. The van der Waals surface area contributed by atoms with Crippen LogP contribution in [0.2, 0.25) is 0 Å². The highest BCUT2D eigenvalue weighted by Gasteiger charge is 2.33. The van der Waals surface area contributed by atoms with Gasteiger partial charge in [-0.05, 0) is 24.1 Å². The maximum Gasteiger partial charge on any atom is 0.416 e. The lowest BCUT2D eigenvalue weighted by Gasteiger charge is -2.16. The van der Waals surface area contributed by atoms with Crippen LogP contribution >= 0.6 is 0 Å². The zero-order valence-corrected chi connectivity index (χ0v) is 11.3. The third kappa shape index (κ3) is 5.22. The lowest BCUT2D eigenvalue weighted by atomic mass is 10.1. The van der Waals surface area contributed by atoms with Gasteiger partial charge in [-0.1, -0.05) is 13.0 Å². The molecule has 1 atom stereocenters. The topological polar surface area (TPSA) is 61.4 Å². The van der Waals surface area contributed by atoms with Crippen LogP contribution < -0.4 is 10.6 Å². The summed E-state index contributed by atoms with van der Waals surface area (Å²) in [5, 5.41) is 13.6. The van der Waals surface area contributed by atoms with E-state index >= 15 is 0 Å². The fourth-order valence-corrected chi connectivity index (χ4v) is 1.66. The number of aliphatic hydroxyl groups is 1. The van der Waals surface area contributed by atoms with Crippen molar-refractivity contribution in [3.8, 4) is 0 Å².